The van der Waals surface area contributed by atoms with Gasteiger partial charge < -0.3 is 19.1 Å². The highest BCUT2D eigenvalue weighted by molar-refractivity contribution is 5.68. The zero-order valence-corrected chi connectivity index (χ0v) is 14.5. The molecule has 2 aromatic rings. The first kappa shape index (κ1) is 17.5. The van der Waals surface area contributed by atoms with Gasteiger partial charge in [0.05, 0.1) is 5.56 Å². The zero-order valence-electron chi connectivity index (χ0n) is 14.5. The third-order valence-electron chi connectivity index (χ3n) is 3.34. The van der Waals surface area contributed by atoms with Crippen LogP contribution in [0.4, 0.5) is 4.79 Å². The van der Waals surface area contributed by atoms with E-state index in [-0.39, 0.29) is 6.04 Å². The zero-order chi connectivity index (χ0) is 17.9. The largest absolute Gasteiger partial charge is 0.444 e. The van der Waals surface area contributed by atoms with Gasteiger partial charge in [-0.1, -0.05) is 5.16 Å². The van der Waals surface area contributed by atoms with Gasteiger partial charge in [-0.25, -0.2) is 4.79 Å². The van der Waals surface area contributed by atoms with Crippen LogP contribution in [0.1, 0.15) is 39.2 Å². The van der Waals surface area contributed by atoms with Crippen LogP contribution in [0.5, 0.6) is 0 Å². The van der Waals surface area contributed by atoms with Crippen molar-refractivity contribution in [2.45, 2.75) is 45.8 Å². The molecule has 0 aliphatic carbocycles. The molecule has 1 unspecified atom stereocenters. The number of ether oxygens (including phenoxy) is 1. The third kappa shape index (κ3) is 4.35. The summed E-state index contributed by atoms with van der Waals surface area (Å²) in [6.45, 7) is 7.34. The molecular weight excluding hydrogens is 310 g/mol. The summed E-state index contributed by atoms with van der Waals surface area (Å²) in [5.74, 6) is 0.808. The minimum Gasteiger partial charge on any atom is -0.444 e. The summed E-state index contributed by atoms with van der Waals surface area (Å²) in [6.07, 6.45) is 1.66. The number of H-pyrrole nitrogens is 1. The van der Waals surface area contributed by atoms with E-state index in [1.165, 1.54) is 4.90 Å². The van der Waals surface area contributed by atoms with Crippen LogP contribution in [0.3, 0.4) is 0 Å². The average molecular weight is 331 g/mol. The number of aromatic nitrogens is 3. The highest BCUT2D eigenvalue weighted by atomic mass is 16.6. The second-order valence-corrected chi connectivity index (χ2v) is 6.57. The molecule has 0 bridgehead atoms. The minimum atomic E-state index is -0.545. The quantitative estimate of drug-likeness (QED) is 0.922. The molecule has 0 aliphatic heterocycles. The van der Waals surface area contributed by atoms with Gasteiger partial charge in [0.2, 0.25) is 0 Å². The molecule has 0 saturated heterocycles. The predicted molar refractivity (Wildman–Crippen MR) is 86.0 cm³/mol. The van der Waals surface area contributed by atoms with Crippen molar-refractivity contribution >= 4 is 6.09 Å². The van der Waals surface area contributed by atoms with Crippen LogP contribution in [0.15, 0.2) is 16.8 Å². The fourth-order valence-electron chi connectivity index (χ4n) is 1.95. The van der Waals surface area contributed by atoms with E-state index in [4.69, 9.17) is 14.5 Å². The van der Waals surface area contributed by atoms with Gasteiger partial charge in [-0.2, -0.15) is 10.2 Å². The van der Waals surface area contributed by atoms with E-state index in [0.29, 0.717) is 29.4 Å². The number of nitriles is 1. The monoisotopic (exact) mass is 331 g/mol. The average Bonchev–Trinajstić information content (AvgIpc) is 3.12. The number of nitrogens with one attached hydrogen (secondary N) is 1. The lowest BCUT2D eigenvalue weighted by Gasteiger charge is -2.28. The Morgan fingerprint density at radius 3 is 2.83 bits per heavy atom. The molecule has 0 radical (unpaired) electrons. The number of aromatic amines is 1. The molecule has 1 N–H and O–H groups in total. The summed E-state index contributed by atoms with van der Waals surface area (Å²) >= 11 is 0. The molecule has 24 heavy (non-hydrogen) atoms. The number of amides is 1. The standard InChI is InChI=1S/C16H21N5O3/c1-10(21(5)15(22)23-16(2,3)4)6-13-19-14(24-20-13)11-7-12(8-17)18-9-11/h7,9-10,18H,6H2,1-5H3. The molecule has 0 saturated carbocycles. The summed E-state index contributed by atoms with van der Waals surface area (Å²) < 4.78 is 10.5. The van der Waals surface area contributed by atoms with Crippen LogP contribution in [0.25, 0.3) is 11.5 Å². The van der Waals surface area contributed by atoms with Crippen molar-refractivity contribution in [3.05, 3.63) is 23.8 Å². The SMILES string of the molecule is CC(Cc1noc(-c2c[nH]c(C#N)c2)n1)N(C)C(=O)OC(C)(C)C. The summed E-state index contributed by atoms with van der Waals surface area (Å²) in [6, 6.07) is 3.47. The smallest absolute Gasteiger partial charge is 0.410 e. The molecule has 2 rings (SSSR count). The van der Waals surface area contributed by atoms with Crippen molar-refractivity contribution in [2.75, 3.05) is 7.05 Å². The first-order valence-corrected chi connectivity index (χ1v) is 7.57. The fourth-order valence-corrected chi connectivity index (χ4v) is 1.95. The Kier molecular flexibility index (Phi) is 4.93. The maximum Gasteiger partial charge on any atom is 0.410 e. The molecule has 128 valence electrons. The van der Waals surface area contributed by atoms with Crippen molar-refractivity contribution in [1.29, 1.82) is 5.26 Å². The van der Waals surface area contributed by atoms with Crippen LogP contribution in [0.2, 0.25) is 0 Å². The molecule has 0 aliphatic rings. The summed E-state index contributed by atoms with van der Waals surface area (Å²) in [7, 11) is 1.67. The van der Waals surface area contributed by atoms with Crippen LogP contribution in [-0.2, 0) is 11.2 Å². The number of carbonyl (C=O) groups is 1. The Hall–Kier alpha value is -2.82. The molecular formula is C16H21N5O3. The third-order valence-corrected chi connectivity index (χ3v) is 3.34. The summed E-state index contributed by atoms with van der Waals surface area (Å²) in [5.41, 5.74) is 0.526. The van der Waals surface area contributed by atoms with Crippen molar-refractivity contribution in [2.24, 2.45) is 0 Å². The molecule has 2 aromatic heterocycles. The van der Waals surface area contributed by atoms with E-state index in [9.17, 15) is 4.79 Å². The molecule has 8 heteroatoms. The van der Waals surface area contributed by atoms with E-state index in [1.54, 1.807) is 19.3 Å². The van der Waals surface area contributed by atoms with Crippen LogP contribution >= 0.6 is 0 Å². The molecule has 0 fully saturated rings. The highest BCUT2D eigenvalue weighted by Gasteiger charge is 2.24. The van der Waals surface area contributed by atoms with Crippen molar-refractivity contribution in [1.82, 2.24) is 20.0 Å². The first-order valence-electron chi connectivity index (χ1n) is 7.57. The number of likely N-dealkylation sites (N-methyl/N-ethyl adjacent to an activating group) is 1. The van der Waals surface area contributed by atoms with Gasteiger partial charge in [-0.05, 0) is 33.8 Å². The van der Waals surface area contributed by atoms with Crippen molar-refractivity contribution in [3.63, 3.8) is 0 Å². The summed E-state index contributed by atoms with van der Waals surface area (Å²) in [5, 5.41) is 12.7. The van der Waals surface area contributed by atoms with Crippen LogP contribution in [0, 0.1) is 11.3 Å². The van der Waals surface area contributed by atoms with Gasteiger partial charge in [-0.15, -0.1) is 0 Å². The van der Waals surface area contributed by atoms with Crippen molar-refractivity contribution in [3.8, 4) is 17.5 Å². The van der Waals surface area contributed by atoms with Gasteiger partial charge in [0.25, 0.3) is 5.89 Å². The molecule has 0 aromatic carbocycles. The minimum absolute atomic E-state index is 0.161. The number of carbonyl (C=O) groups excluding carboxylic acids is 1. The lowest BCUT2D eigenvalue weighted by atomic mass is 10.2. The Morgan fingerprint density at radius 2 is 2.25 bits per heavy atom. The lowest BCUT2D eigenvalue weighted by molar-refractivity contribution is 0.0234. The number of hydrogen-bond donors (Lipinski definition) is 1. The maximum absolute atomic E-state index is 12.1. The van der Waals surface area contributed by atoms with E-state index in [0.717, 1.165) is 0 Å². The molecule has 8 nitrogen and oxygen atoms in total. The Morgan fingerprint density at radius 1 is 1.54 bits per heavy atom. The van der Waals surface area contributed by atoms with Gasteiger partial charge in [-0.3, -0.25) is 0 Å². The van der Waals surface area contributed by atoms with Crippen molar-refractivity contribution < 1.29 is 14.1 Å². The lowest BCUT2D eigenvalue weighted by Crippen LogP contribution is -2.40. The highest BCUT2D eigenvalue weighted by Crippen LogP contribution is 2.19. The first-order chi connectivity index (χ1) is 11.2. The van der Waals surface area contributed by atoms with E-state index >= 15 is 0 Å². The second kappa shape index (κ2) is 6.74. The van der Waals surface area contributed by atoms with Crippen LogP contribution < -0.4 is 0 Å². The number of nitrogens with zero attached hydrogens (tertiary/aromatic N) is 4. The topological polar surface area (TPSA) is 108 Å². The normalized spacial score (nSPS) is 12.5. The Bertz CT molecular complexity index is 750. The van der Waals surface area contributed by atoms with Gasteiger partial charge in [0.1, 0.15) is 17.4 Å². The van der Waals surface area contributed by atoms with Gasteiger partial charge >= 0.3 is 6.09 Å². The van der Waals surface area contributed by atoms with Gasteiger partial charge in [0.15, 0.2) is 5.82 Å². The van der Waals surface area contributed by atoms with Gasteiger partial charge in [0, 0.05) is 25.7 Å². The molecule has 1 amide bonds. The fraction of sp³-hybridized carbons (Fsp3) is 0.500. The molecule has 1 atom stereocenters. The Balaban J connectivity index is 2.01. The van der Waals surface area contributed by atoms with Crippen LogP contribution in [-0.4, -0.2) is 44.8 Å². The second-order valence-electron chi connectivity index (χ2n) is 6.57. The van der Waals surface area contributed by atoms with E-state index in [1.807, 2.05) is 33.8 Å². The Labute approximate surface area is 140 Å². The van der Waals surface area contributed by atoms with E-state index < -0.39 is 11.7 Å². The predicted octanol–water partition coefficient (Wildman–Crippen LogP) is 2.73. The molecule has 2 heterocycles. The molecule has 0 spiro atoms. The maximum atomic E-state index is 12.1. The summed E-state index contributed by atoms with van der Waals surface area (Å²) in [4.78, 5) is 20.7. The van der Waals surface area contributed by atoms with E-state index in [2.05, 4.69) is 15.1 Å². The number of hydrogen-bond acceptors (Lipinski definition) is 6. The number of rotatable bonds is 4.